The van der Waals surface area contributed by atoms with Gasteiger partial charge in [-0.2, -0.15) is 0 Å². The van der Waals surface area contributed by atoms with Crippen LogP contribution in [0.15, 0.2) is 30.3 Å². The molecule has 0 amide bonds. The number of halogens is 1. The van der Waals surface area contributed by atoms with E-state index in [4.69, 9.17) is 0 Å². The zero-order valence-electron chi connectivity index (χ0n) is 5.92. The summed E-state index contributed by atoms with van der Waals surface area (Å²) in [6, 6.07) is 10.7. The first kappa shape index (κ1) is 8.40. The van der Waals surface area contributed by atoms with E-state index in [1.807, 2.05) is 0 Å². The minimum atomic E-state index is -0.835. The van der Waals surface area contributed by atoms with E-state index < -0.39 is 19.8 Å². The van der Waals surface area contributed by atoms with Gasteiger partial charge in [-0.1, -0.05) is 0 Å². The van der Waals surface area contributed by atoms with Gasteiger partial charge in [0.25, 0.3) is 0 Å². The minimum absolute atomic E-state index is 0.835. The van der Waals surface area contributed by atoms with Crippen molar-refractivity contribution in [1.82, 2.24) is 0 Å². The number of rotatable bonds is 2. The second-order valence-electron chi connectivity index (χ2n) is 2.00. The Morgan fingerprint density at radius 1 is 1.30 bits per heavy atom. The zero-order chi connectivity index (χ0) is 7.40. The molecular weight excluding hydrogens is 255 g/mol. The van der Waals surface area contributed by atoms with Crippen molar-refractivity contribution in [1.29, 1.82) is 0 Å². The van der Waals surface area contributed by atoms with Gasteiger partial charge in [0.2, 0.25) is 0 Å². The van der Waals surface area contributed by atoms with Crippen LogP contribution in [0.3, 0.4) is 0 Å². The van der Waals surface area contributed by atoms with Gasteiger partial charge in [0.15, 0.2) is 0 Å². The van der Waals surface area contributed by atoms with Gasteiger partial charge in [-0.25, -0.2) is 0 Å². The summed E-state index contributed by atoms with van der Waals surface area (Å²) < 4.78 is 2.61. The summed E-state index contributed by atoms with van der Waals surface area (Å²) in [5, 5.41) is 0. The molecule has 1 rings (SSSR count). The Hall–Kier alpha value is 0.300. The molecule has 0 radical (unpaired) electrons. The average Bonchev–Trinajstić information content (AvgIpc) is 2.05. The molecule has 1 aromatic rings. The maximum atomic E-state index is 4.30. The predicted octanol–water partition coefficient (Wildman–Crippen LogP) is 2.88. The molecule has 56 valence electrons. The van der Waals surface area contributed by atoms with Crippen LogP contribution in [0.25, 0.3) is 0 Å². The molecule has 0 unspecified atom stereocenters. The third kappa shape index (κ3) is 2.16. The Morgan fingerprint density at radius 3 is 2.40 bits per heavy atom. The number of hydrogen-bond acceptors (Lipinski definition) is 1. The Bertz CT molecular complexity index is 186. The van der Waals surface area contributed by atoms with Crippen molar-refractivity contribution in [2.75, 3.05) is 8.69 Å². The molecule has 10 heavy (non-hydrogen) atoms. The van der Waals surface area contributed by atoms with E-state index in [0.29, 0.717) is 0 Å². The van der Waals surface area contributed by atoms with Crippen molar-refractivity contribution in [2.45, 2.75) is 0 Å². The van der Waals surface area contributed by atoms with Crippen LogP contribution in [-0.4, -0.2) is 8.69 Å². The Kier molecular flexibility index (Phi) is 3.56. The first-order chi connectivity index (χ1) is 4.84. The molecular formula is C8H11IS. The van der Waals surface area contributed by atoms with Crippen LogP contribution in [0.4, 0.5) is 0 Å². The predicted molar refractivity (Wildman–Crippen MR) is 58.9 cm³/mol. The van der Waals surface area contributed by atoms with Crippen LogP contribution in [0.5, 0.6) is 0 Å². The van der Waals surface area contributed by atoms with Crippen molar-refractivity contribution in [3.05, 3.63) is 33.9 Å². The fourth-order valence-corrected chi connectivity index (χ4v) is 3.66. The second-order valence-corrected chi connectivity index (χ2v) is 8.90. The van der Waals surface area contributed by atoms with Crippen molar-refractivity contribution >= 4 is 32.4 Å². The molecule has 0 nitrogen and oxygen atoms in total. The van der Waals surface area contributed by atoms with Crippen molar-refractivity contribution in [2.24, 2.45) is 0 Å². The van der Waals surface area contributed by atoms with Crippen LogP contribution in [-0.2, 0) is 0 Å². The Balaban J connectivity index is 2.75. The van der Waals surface area contributed by atoms with Gasteiger partial charge in [0.05, 0.1) is 0 Å². The summed E-state index contributed by atoms with van der Waals surface area (Å²) in [7, 11) is 0. The quantitative estimate of drug-likeness (QED) is 0.475. The molecule has 0 heterocycles. The van der Waals surface area contributed by atoms with Crippen LogP contribution < -0.4 is 0 Å². The molecule has 0 N–H and O–H groups in total. The van der Waals surface area contributed by atoms with E-state index in [1.165, 1.54) is 3.57 Å². The molecule has 0 saturated heterocycles. The van der Waals surface area contributed by atoms with Gasteiger partial charge in [0, 0.05) is 0 Å². The second kappa shape index (κ2) is 4.23. The molecule has 0 bridgehead atoms. The van der Waals surface area contributed by atoms with Gasteiger partial charge in [-0.15, -0.1) is 0 Å². The van der Waals surface area contributed by atoms with Gasteiger partial charge in [-0.3, -0.25) is 0 Å². The van der Waals surface area contributed by atoms with E-state index in [1.54, 1.807) is 0 Å². The number of hydrogen-bond donors (Lipinski definition) is 1. The summed E-state index contributed by atoms with van der Waals surface area (Å²) in [6.45, 7) is 0. The third-order valence-electron chi connectivity index (χ3n) is 1.28. The fourth-order valence-electron chi connectivity index (χ4n) is 0.699. The normalized spacial score (nSPS) is 11.2. The van der Waals surface area contributed by atoms with Gasteiger partial charge >= 0.3 is 75.0 Å². The first-order valence-corrected chi connectivity index (χ1v) is 8.46. The summed E-state index contributed by atoms with van der Waals surface area (Å²) in [4.78, 5) is 2.34. The SMILES string of the molecule is CI(CS)c1ccccc1. The van der Waals surface area contributed by atoms with E-state index in [0.717, 1.165) is 3.76 Å². The van der Waals surface area contributed by atoms with Crippen LogP contribution >= 0.6 is 32.4 Å². The molecule has 0 fully saturated rings. The van der Waals surface area contributed by atoms with Crippen molar-refractivity contribution in [3.63, 3.8) is 0 Å². The van der Waals surface area contributed by atoms with Crippen LogP contribution in [0.2, 0.25) is 0 Å². The summed E-state index contributed by atoms with van der Waals surface area (Å²) in [5.74, 6) is 0. The van der Waals surface area contributed by atoms with Crippen LogP contribution in [0, 0.1) is 3.57 Å². The molecule has 1 aromatic carbocycles. The van der Waals surface area contributed by atoms with E-state index in [2.05, 4.69) is 47.9 Å². The standard InChI is InChI=1S/C8H11IS/c1-9(7-10)8-5-3-2-4-6-8/h2-6,10H,7H2,1H3. The monoisotopic (exact) mass is 266 g/mol. The average molecular weight is 266 g/mol. The van der Waals surface area contributed by atoms with E-state index in [-0.39, 0.29) is 0 Å². The van der Waals surface area contributed by atoms with E-state index >= 15 is 0 Å². The molecule has 0 aliphatic heterocycles. The van der Waals surface area contributed by atoms with Gasteiger partial charge in [0.1, 0.15) is 0 Å². The Labute approximate surface area is 74.8 Å². The molecule has 0 spiro atoms. The van der Waals surface area contributed by atoms with Crippen LogP contribution in [0.1, 0.15) is 0 Å². The maximum absolute atomic E-state index is 4.30. The number of alkyl halides is 2. The topological polar surface area (TPSA) is 0 Å². The summed E-state index contributed by atoms with van der Waals surface area (Å²) in [5.41, 5.74) is 0. The zero-order valence-corrected chi connectivity index (χ0v) is 8.97. The molecule has 0 aliphatic rings. The summed E-state index contributed by atoms with van der Waals surface area (Å²) in [6.07, 6.45) is 0. The number of benzene rings is 1. The molecule has 2 heteroatoms. The van der Waals surface area contributed by atoms with Crippen molar-refractivity contribution < 1.29 is 0 Å². The molecule has 0 saturated carbocycles. The fraction of sp³-hybridized carbons (Fsp3) is 0.250. The molecule has 0 aromatic heterocycles. The number of thiol groups is 1. The van der Waals surface area contributed by atoms with E-state index in [9.17, 15) is 0 Å². The van der Waals surface area contributed by atoms with Gasteiger partial charge < -0.3 is 0 Å². The summed E-state index contributed by atoms with van der Waals surface area (Å²) >= 11 is 3.46. The molecule has 0 aliphatic carbocycles. The third-order valence-corrected chi connectivity index (χ3v) is 7.56. The van der Waals surface area contributed by atoms with Gasteiger partial charge in [-0.05, 0) is 0 Å². The first-order valence-electron chi connectivity index (χ1n) is 3.06. The molecule has 0 atom stereocenters. The van der Waals surface area contributed by atoms with Crippen molar-refractivity contribution in [3.8, 4) is 0 Å². The Morgan fingerprint density at radius 2 is 1.90 bits per heavy atom.